The van der Waals surface area contributed by atoms with Crippen molar-refractivity contribution in [3.8, 4) is 5.75 Å². The Labute approximate surface area is 121 Å². The van der Waals surface area contributed by atoms with Gasteiger partial charge < -0.3 is 10.5 Å². The molecule has 0 fully saturated rings. The number of hydrogen-bond donors (Lipinski definition) is 1. The lowest BCUT2D eigenvalue weighted by molar-refractivity contribution is -0.137. The zero-order chi connectivity index (χ0) is 13.6. The van der Waals surface area contributed by atoms with Crippen LogP contribution in [0.15, 0.2) is 18.2 Å². The predicted molar refractivity (Wildman–Crippen MR) is 72.1 cm³/mol. The molecule has 0 saturated carbocycles. The van der Waals surface area contributed by atoms with Crippen molar-refractivity contribution >= 4 is 24.0 Å². The van der Waals surface area contributed by atoms with E-state index in [1.165, 1.54) is 12.1 Å². The predicted octanol–water partition coefficient (Wildman–Crippen LogP) is 4.29. The number of rotatable bonds is 6. The minimum absolute atomic E-state index is 0. The van der Waals surface area contributed by atoms with E-state index in [4.69, 9.17) is 22.1 Å². The Morgan fingerprint density at radius 1 is 1.16 bits per heavy atom. The fourth-order valence-electron chi connectivity index (χ4n) is 1.42. The highest BCUT2D eigenvalue weighted by Gasteiger charge is 2.33. The van der Waals surface area contributed by atoms with Crippen LogP contribution in [0.4, 0.5) is 13.2 Å². The van der Waals surface area contributed by atoms with Gasteiger partial charge in [-0.2, -0.15) is 13.2 Å². The van der Waals surface area contributed by atoms with Crippen LogP contribution in [0, 0.1) is 0 Å². The van der Waals surface area contributed by atoms with Crippen LogP contribution in [-0.4, -0.2) is 13.2 Å². The molecule has 0 aromatic heterocycles. The highest BCUT2D eigenvalue weighted by molar-refractivity contribution is 6.31. The zero-order valence-electron chi connectivity index (χ0n) is 10.2. The molecule has 0 amide bonds. The number of benzene rings is 1. The zero-order valence-corrected chi connectivity index (χ0v) is 11.7. The molecule has 110 valence electrons. The third-order valence-corrected chi connectivity index (χ3v) is 2.69. The maximum absolute atomic E-state index is 12.6. The molecule has 0 bridgehead atoms. The molecule has 0 atom stereocenters. The molecule has 0 aliphatic rings. The molecular formula is C12H16Cl2F3NO. The van der Waals surface area contributed by atoms with E-state index in [0.717, 1.165) is 25.3 Å². The van der Waals surface area contributed by atoms with E-state index in [9.17, 15) is 13.2 Å². The Morgan fingerprint density at radius 3 is 2.42 bits per heavy atom. The van der Waals surface area contributed by atoms with Crippen LogP contribution in [0.25, 0.3) is 0 Å². The van der Waals surface area contributed by atoms with Gasteiger partial charge >= 0.3 is 6.18 Å². The van der Waals surface area contributed by atoms with Gasteiger partial charge in [-0.25, -0.2) is 0 Å². The Morgan fingerprint density at radius 2 is 1.84 bits per heavy atom. The molecule has 0 aliphatic carbocycles. The van der Waals surface area contributed by atoms with Crippen molar-refractivity contribution < 1.29 is 17.9 Å². The number of halogens is 5. The molecule has 2 nitrogen and oxygen atoms in total. The van der Waals surface area contributed by atoms with E-state index in [0.29, 0.717) is 13.2 Å². The SMILES string of the molecule is Cl.NCCCCCOc1ccc(Cl)c(C(F)(F)F)c1. The molecule has 2 N–H and O–H groups in total. The highest BCUT2D eigenvalue weighted by Crippen LogP contribution is 2.36. The molecule has 1 aromatic rings. The summed E-state index contributed by atoms with van der Waals surface area (Å²) in [5, 5.41) is -0.321. The Bertz CT molecular complexity index is 386. The van der Waals surface area contributed by atoms with Gasteiger partial charge in [-0.1, -0.05) is 11.6 Å². The minimum atomic E-state index is -4.46. The quantitative estimate of drug-likeness (QED) is 0.794. The average Bonchev–Trinajstić information content (AvgIpc) is 2.29. The number of nitrogens with two attached hydrogens (primary N) is 1. The van der Waals surface area contributed by atoms with E-state index in [1.54, 1.807) is 0 Å². The van der Waals surface area contributed by atoms with Gasteiger partial charge in [0.25, 0.3) is 0 Å². The van der Waals surface area contributed by atoms with Crippen LogP contribution in [0.1, 0.15) is 24.8 Å². The summed E-state index contributed by atoms with van der Waals surface area (Å²) in [6.45, 7) is 0.984. The average molecular weight is 318 g/mol. The van der Waals surface area contributed by atoms with Crippen molar-refractivity contribution in [2.24, 2.45) is 5.73 Å². The van der Waals surface area contributed by atoms with Crippen LogP contribution in [0.2, 0.25) is 5.02 Å². The molecule has 0 aliphatic heterocycles. The normalized spacial score (nSPS) is 11.0. The van der Waals surface area contributed by atoms with Crippen molar-refractivity contribution in [3.63, 3.8) is 0 Å². The fourth-order valence-corrected chi connectivity index (χ4v) is 1.65. The Hall–Kier alpha value is -0.650. The smallest absolute Gasteiger partial charge is 0.417 e. The molecule has 0 spiro atoms. The van der Waals surface area contributed by atoms with Crippen molar-refractivity contribution in [1.29, 1.82) is 0 Å². The summed E-state index contributed by atoms with van der Waals surface area (Å²) in [6.07, 6.45) is -1.91. The second-order valence-electron chi connectivity index (χ2n) is 3.84. The van der Waals surface area contributed by atoms with Gasteiger partial charge in [0, 0.05) is 0 Å². The maximum atomic E-state index is 12.6. The summed E-state index contributed by atoms with van der Waals surface area (Å²) >= 11 is 5.49. The molecule has 0 heterocycles. The summed E-state index contributed by atoms with van der Waals surface area (Å²) < 4.78 is 42.9. The van der Waals surface area contributed by atoms with Crippen molar-refractivity contribution in [2.75, 3.05) is 13.2 Å². The molecule has 7 heteroatoms. The summed E-state index contributed by atoms with van der Waals surface area (Å²) in [4.78, 5) is 0. The van der Waals surface area contributed by atoms with E-state index < -0.39 is 11.7 Å². The standard InChI is InChI=1S/C12H15ClF3NO.ClH/c13-11-5-4-9(8-10(11)12(14,15)16)18-7-3-1-2-6-17;/h4-5,8H,1-3,6-7,17H2;1H. The van der Waals surface area contributed by atoms with Gasteiger partial charge in [0.05, 0.1) is 17.2 Å². The number of ether oxygens (including phenoxy) is 1. The molecule has 1 aromatic carbocycles. The summed E-state index contributed by atoms with van der Waals surface area (Å²) in [7, 11) is 0. The van der Waals surface area contributed by atoms with Crippen LogP contribution in [-0.2, 0) is 6.18 Å². The Balaban J connectivity index is 0.00000324. The molecule has 19 heavy (non-hydrogen) atoms. The van der Waals surface area contributed by atoms with E-state index in [-0.39, 0.29) is 23.2 Å². The largest absolute Gasteiger partial charge is 0.494 e. The summed E-state index contributed by atoms with van der Waals surface area (Å²) in [5.74, 6) is 0.180. The third kappa shape index (κ3) is 6.36. The summed E-state index contributed by atoms with van der Waals surface area (Å²) in [6, 6.07) is 3.55. The number of alkyl halides is 3. The monoisotopic (exact) mass is 317 g/mol. The first-order chi connectivity index (χ1) is 8.45. The number of hydrogen-bond acceptors (Lipinski definition) is 2. The maximum Gasteiger partial charge on any atom is 0.417 e. The van der Waals surface area contributed by atoms with Gasteiger partial charge in [0.2, 0.25) is 0 Å². The first-order valence-corrected chi connectivity index (χ1v) is 6.02. The van der Waals surface area contributed by atoms with Crippen molar-refractivity contribution in [1.82, 2.24) is 0 Å². The van der Waals surface area contributed by atoms with Gasteiger partial charge in [0.1, 0.15) is 5.75 Å². The van der Waals surface area contributed by atoms with Crippen LogP contribution < -0.4 is 10.5 Å². The molecule has 0 unspecified atom stereocenters. The topological polar surface area (TPSA) is 35.2 Å². The van der Waals surface area contributed by atoms with E-state index in [1.807, 2.05) is 0 Å². The highest BCUT2D eigenvalue weighted by atomic mass is 35.5. The number of unbranched alkanes of at least 4 members (excludes halogenated alkanes) is 2. The molecule has 0 saturated heterocycles. The van der Waals surface area contributed by atoms with Gasteiger partial charge in [-0.3, -0.25) is 0 Å². The second-order valence-corrected chi connectivity index (χ2v) is 4.24. The fraction of sp³-hybridized carbons (Fsp3) is 0.500. The van der Waals surface area contributed by atoms with Crippen LogP contribution >= 0.6 is 24.0 Å². The minimum Gasteiger partial charge on any atom is -0.494 e. The third-order valence-electron chi connectivity index (χ3n) is 2.36. The van der Waals surface area contributed by atoms with Gasteiger partial charge in [-0.05, 0) is 44.0 Å². The van der Waals surface area contributed by atoms with E-state index in [2.05, 4.69) is 0 Å². The van der Waals surface area contributed by atoms with Crippen LogP contribution in [0.5, 0.6) is 5.75 Å². The van der Waals surface area contributed by atoms with Crippen molar-refractivity contribution in [2.45, 2.75) is 25.4 Å². The van der Waals surface area contributed by atoms with Crippen LogP contribution in [0.3, 0.4) is 0 Å². The van der Waals surface area contributed by atoms with Gasteiger partial charge in [0.15, 0.2) is 0 Å². The first kappa shape index (κ1) is 18.4. The Kier molecular flexibility index (Phi) is 8.22. The lowest BCUT2D eigenvalue weighted by atomic mass is 10.2. The first-order valence-electron chi connectivity index (χ1n) is 5.65. The molecular weight excluding hydrogens is 302 g/mol. The second kappa shape index (κ2) is 8.51. The lowest BCUT2D eigenvalue weighted by Crippen LogP contribution is -2.07. The van der Waals surface area contributed by atoms with Gasteiger partial charge in [-0.15, -0.1) is 12.4 Å². The molecule has 0 radical (unpaired) electrons. The summed E-state index contributed by atoms with van der Waals surface area (Å²) in [5.41, 5.74) is 4.45. The van der Waals surface area contributed by atoms with Crippen molar-refractivity contribution in [3.05, 3.63) is 28.8 Å². The van der Waals surface area contributed by atoms with E-state index >= 15 is 0 Å². The molecule has 1 rings (SSSR count). The lowest BCUT2D eigenvalue weighted by Gasteiger charge is -2.11.